The summed E-state index contributed by atoms with van der Waals surface area (Å²) in [4.78, 5) is 15.9. The molecule has 1 saturated carbocycles. The minimum Gasteiger partial charge on any atom is -0.330 e. The first-order chi connectivity index (χ1) is 9.13. The summed E-state index contributed by atoms with van der Waals surface area (Å²) in [6.45, 7) is 0.539. The molecular weight excluding hydrogens is 316 g/mol. The van der Waals surface area contributed by atoms with Crippen molar-refractivity contribution in [3.8, 4) is 0 Å². The van der Waals surface area contributed by atoms with Gasteiger partial charge in [0.05, 0.1) is 6.20 Å². The predicted molar refractivity (Wildman–Crippen MR) is 86.5 cm³/mol. The molecule has 1 fully saturated rings. The van der Waals surface area contributed by atoms with Crippen molar-refractivity contribution >= 4 is 36.5 Å². The molecule has 1 aromatic rings. The first-order valence-corrected chi connectivity index (χ1v) is 6.75. The molecule has 4 nitrogen and oxygen atoms in total. The van der Waals surface area contributed by atoms with Gasteiger partial charge >= 0.3 is 0 Å². The van der Waals surface area contributed by atoms with Crippen LogP contribution in [0.2, 0.25) is 0 Å². The van der Waals surface area contributed by atoms with Crippen LogP contribution in [0.4, 0.5) is 10.2 Å². The molecular formula is C14H22Cl2FN3O. The number of aromatic nitrogens is 1. The van der Waals surface area contributed by atoms with E-state index in [2.05, 4.69) is 10.3 Å². The molecule has 7 heteroatoms. The van der Waals surface area contributed by atoms with Crippen LogP contribution in [-0.4, -0.2) is 17.4 Å². The summed E-state index contributed by atoms with van der Waals surface area (Å²) in [6, 6.07) is 2.74. The van der Waals surface area contributed by atoms with Gasteiger partial charge in [0.25, 0.3) is 0 Å². The van der Waals surface area contributed by atoms with Crippen molar-refractivity contribution in [1.82, 2.24) is 4.98 Å². The Labute approximate surface area is 136 Å². The maximum atomic E-state index is 12.7. The number of halogens is 3. The molecule has 0 atom stereocenters. The maximum absolute atomic E-state index is 12.7. The number of hydrogen-bond donors (Lipinski definition) is 2. The number of nitrogens with one attached hydrogen (secondary N) is 1. The molecule has 0 radical (unpaired) electrons. The molecule has 0 spiro atoms. The topological polar surface area (TPSA) is 68.0 Å². The highest BCUT2D eigenvalue weighted by Crippen LogP contribution is 2.38. The van der Waals surface area contributed by atoms with Gasteiger partial charge in [0.1, 0.15) is 11.6 Å². The van der Waals surface area contributed by atoms with Crippen LogP contribution in [0, 0.1) is 11.2 Å². The molecule has 3 N–H and O–H groups in total. The molecule has 0 aliphatic heterocycles. The number of amides is 1. The fraction of sp³-hybridized carbons (Fsp3) is 0.571. The Morgan fingerprint density at radius 2 is 1.95 bits per heavy atom. The van der Waals surface area contributed by atoms with Crippen LogP contribution in [0.25, 0.3) is 0 Å². The molecule has 0 aromatic carbocycles. The highest BCUT2D eigenvalue weighted by molar-refractivity contribution is 5.90. The second-order valence-electron chi connectivity index (χ2n) is 5.35. The van der Waals surface area contributed by atoms with Gasteiger partial charge in [0.15, 0.2) is 0 Å². The molecule has 0 unspecified atom stereocenters. The van der Waals surface area contributed by atoms with Crippen molar-refractivity contribution in [3.63, 3.8) is 0 Å². The van der Waals surface area contributed by atoms with E-state index in [0.29, 0.717) is 18.8 Å². The van der Waals surface area contributed by atoms with E-state index < -0.39 is 5.82 Å². The van der Waals surface area contributed by atoms with E-state index in [4.69, 9.17) is 5.73 Å². The molecule has 1 aromatic heterocycles. The largest absolute Gasteiger partial charge is 0.330 e. The van der Waals surface area contributed by atoms with Crippen LogP contribution in [-0.2, 0) is 4.79 Å². The summed E-state index contributed by atoms with van der Waals surface area (Å²) in [5.41, 5.74) is 5.79. The Balaban J connectivity index is 0.00000200. The lowest BCUT2D eigenvalue weighted by Gasteiger charge is -2.35. The molecule has 0 bridgehead atoms. The molecule has 0 saturated heterocycles. The number of carbonyl (C=O) groups excluding carboxylic acids is 1. The number of carbonyl (C=O) groups is 1. The first-order valence-electron chi connectivity index (χ1n) is 6.75. The maximum Gasteiger partial charge on any atom is 0.226 e. The number of nitrogens with zero attached hydrogens (tertiary/aromatic N) is 1. The van der Waals surface area contributed by atoms with Crippen molar-refractivity contribution < 1.29 is 9.18 Å². The Morgan fingerprint density at radius 3 is 2.48 bits per heavy atom. The lowest BCUT2D eigenvalue weighted by molar-refractivity contribution is -0.118. The van der Waals surface area contributed by atoms with E-state index in [0.717, 1.165) is 31.9 Å². The van der Waals surface area contributed by atoms with E-state index in [1.807, 2.05) is 0 Å². The Hall–Kier alpha value is -0.910. The lowest BCUT2D eigenvalue weighted by Crippen LogP contribution is -2.36. The molecule has 1 amide bonds. The van der Waals surface area contributed by atoms with Crippen molar-refractivity contribution in [1.29, 1.82) is 0 Å². The van der Waals surface area contributed by atoms with E-state index in [1.165, 1.54) is 18.6 Å². The number of nitrogens with two attached hydrogens (primary N) is 1. The van der Waals surface area contributed by atoms with E-state index in [1.54, 1.807) is 0 Å². The van der Waals surface area contributed by atoms with Crippen LogP contribution < -0.4 is 11.1 Å². The van der Waals surface area contributed by atoms with Gasteiger partial charge in [-0.25, -0.2) is 9.37 Å². The zero-order valence-corrected chi connectivity index (χ0v) is 13.4. The fourth-order valence-corrected chi connectivity index (χ4v) is 2.73. The third kappa shape index (κ3) is 5.77. The molecule has 1 heterocycles. The van der Waals surface area contributed by atoms with E-state index in [9.17, 15) is 9.18 Å². The smallest absolute Gasteiger partial charge is 0.226 e. The van der Waals surface area contributed by atoms with Crippen LogP contribution in [0.3, 0.4) is 0 Å². The second kappa shape index (κ2) is 9.18. The first kappa shape index (κ1) is 20.1. The van der Waals surface area contributed by atoms with Crippen LogP contribution >= 0.6 is 24.8 Å². The van der Waals surface area contributed by atoms with Crippen LogP contribution in [0.5, 0.6) is 0 Å². The summed E-state index contributed by atoms with van der Waals surface area (Å²) in [5.74, 6) is -0.121. The van der Waals surface area contributed by atoms with Gasteiger partial charge in [0, 0.05) is 6.42 Å². The minimum absolute atomic E-state index is 0. The van der Waals surface area contributed by atoms with Gasteiger partial charge in [-0.15, -0.1) is 24.8 Å². The van der Waals surface area contributed by atoms with Gasteiger partial charge in [0.2, 0.25) is 5.91 Å². The van der Waals surface area contributed by atoms with Gasteiger partial charge in [-0.05, 0) is 36.9 Å². The third-order valence-electron chi connectivity index (χ3n) is 3.88. The quantitative estimate of drug-likeness (QED) is 0.885. The average Bonchev–Trinajstić information content (AvgIpc) is 2.42. The number of pyridine rings is 1. The van der Waals surface area contributed by atoms with Gasteiger partial charge in [-0.1, -0.05) is 19.3 Å². The molecule has 1 aliphatic carbocycles. The predicted octanol–water partition coefficient (Wildman–Crippen LogP) is 3.30. The van der Waals surface area contributed by atoms with Crippen molar-refractivity contribution in [2.75, 3.05) is 11.9 Å². The van der Waals surface area contributed by atoms with E-state index in [-0.39, 0.29) is 36.1 Å². The zero-order chi connectivity index (χ0) is 13.7. The van der Waals surface area contributed by atoms with Gasteiger partial charge < -0.3 is 11.1 Å². The van der Waals surface area contributed by atoms with Crippen LogP contribution in [0.1, 0.15) is 38.5 Å². The van der Waals surface area contributed by atoms with Crippen molar-refractivity contribution in [3.05, 3.63) is 24.1 Å². The number of rotatable bonds is 4. The summed E-state index contributed by atoms with van der Waals surface area (Å²) in [5, 5.41) is 2.70. The van der Waals surface area contributed by atoms with Crippen molar-refractivity contribution in [2.24, 2.45) is 11.1 Å². The molecule has 1 aliphatic rings. The summed E-state index contributed by atoms with van der Waals surface area (Å²) >= 11 is 0. The highest BCUT2D eigenvalue weighted by atomic mass is 35.5. The standard InChI is InChI=1S/C14H20FN3O.2ClH/c15-11-4-5-12(17-9-11)18-13(19)8-14(10-16)6-2-1-3-7-14;;/h4-5,9H,1-3,6-8,10,16H2,(H,17,18,19);2*1H. The number of hydrogen-bond acceptors (Lipinski definition) is 3. The summed E-state index contributed by atoms with van der Waals surface area (Å²) in [6.07, 6.45) is 7.03. The Kier molecular flexibility index (Phi) is 8.78. The summed E-state index contributed by atoms with van der Waals surface area (Å²) in [7, 11) is 0. The molecule has 2 rings (SSSR count). The van der Waals surface area contributed by atoms with Crippen LogP contribution in [0.15, 0.2) is 18.3 Å². The van der Waals surface area contributed by atoms with E-state index >= 15 is 0 Å². The minimum atomic E-state index is -0.413. The lowest BCUT2D eigenvalue weighted by atomic mass is 9.71. The Bertz CT molecular complexity index is 436. The fourth-order valence-electron chi connectivity index (χ4n) is 2.73. The number of anilines is 1. The molecule has 21 heavy (non-hydrogen) atoms. The second-order valence-corrected chi connectivity index (χ2v) is 5.35. The molecule has 120 valence electrons. The highest BCUT2D eigenvalue weighted by Gasteiger charge is 2.32. The van der Waals surface area contributed by atoms with Gasteiger partial charge in [-0.3, -0.25) is 4.79 Å². The normalized spacial score (nSPS) is 16.3. The van der Waals surface area contributed by atoms with Crippen molar-refractivity contribution in [2.45, 2.75) is 38.5 Å². The monoisotopic (exact) mass is 337 g/mol. The zero-order valence-electron chi connectivity index (χ0n) is 11.8. The van der Waals surface area contributed by atoms with Gasteiger partial charge in [-0.2, -0.15) is 0 Å². The SMILES string of the molecule is Cl.Cl.NCC1(CC(=O)Nc2ccc(F)cn2)CCCCC1. The third-order valence-corrected chi connectivity index (χ3v) is 3.88. The Morgan fingerprint density at radius 1 is 1.29 bits per heavy atom. The summed E-state index contributed by atoms with van der Waals surface area (Å²) < 4.78 is 12.7. The average molecular weight is 338 g/mol.